The number of hydrogen-bond donors (Lipinski definition) is 2. The molecule has 3 rings (SSSR count). The van der Waals surface area contributed by atoms with Crippen molar-refractivity contribution < 1.29 is 0 Å². The molecular weight excluding hydrogens is 234 g/mol. The summed E-state index contributed by atoms with van der Waals surface area (Å²) in [5.74, 6) is 0. The van der Waals surface area contributed by atoms with Gasteiger partial charge in [-0.15, -0.1) is 0 Å². The summed E-state index contributed by atoms with van der Waals surface area (Å²) in [7, 11) is 2.25. The van der Waals surface area contributed by atoms with Crippen molar-refractivity contribution in [2.45, 2.75) is 38.4 Å². The summed E-state index contributed by atoms with van der Waals surface area (Å²) in [6.45, 7) is 4.30. The van der Waals surface area contributed by atoms with Crippen LogP contribution in [0.1, 0.15) is 25.3 Å². The Morgan fingerprint density at radius 3 is 3.00 bits per heavy atom. The Bertz CT molecular complexity index is 542. The lowest BCUT2D eigenvalue weighted by molar-refractivity contribution is 0.241. The first kappa shape index (κ1) is 12.7. The van der Waals surface area contributed by atoms with E-state index in [1.54, 1.807) is 0 Å². The van der Waals surface area contributed by atoms with Crippen LogP contribution < -0.4 is 5.32 Å². The first-order valence-electron chi connectivity index (χ1n) is 7.23. The number of aromatic amines is 1. The fourth-order valence-corrected chi connectivity index (χ4v) is 2.62. The molecule has 0 saturated heterocycles. The third kappa shape index (κ3) is 2.99. The first-order valence-corrected chi connectivity index (χ1v) is 7.23. The third-order valence-electron chi connectivity index (χ3n) is 4.21. The number of H-pyrrole nitrogens is 1. The van der Waals surface area contributed by atoms with Crippen LogP contribution in [0.3, 0.4) is 0 Å². The highest BCUT2D eigenvalue weighted by Gasteiger charge is 2.28. The minimum absolute atomic E-state index is 0.613. The molecule has 1 aliphatic rings. The number of aromatic nitrogens is 1. The van der Waals surface area contributed by atoms with Crippen molar-refractivity contribution in [3.8, 4) is 0 Å². The number of nitrogens with one attached hydrogen (secondary N) is 2. The van der Waals surface area contributed by atoms with Gasteiger partial charge in [0.2, 0.25) is 0 Å². The SMILES string of the molecule is CC(CNCc1ccc2cc[nH]c2c1)N(C)C1CC1. The molecule has 1 atom stereocenters. The highest BCUT2D eigenvalue weighted by molar-refractivity contribution is 5.79. The van der Waals surface area contributed by atoms with Gasteiger partial charge in [-0.2, -0.15) is 0 Å². The molecule has 102 valence electrons. The van der Waals surface area contributed by atoms with E-state index in [1.165, 1.54) is 29.3 Å². The van der Waals surface area contributed by atoms with Gasteiger partial charge in [-0.05, 0) is 49.9 Å². The Kier molecular flexibility index (Phi) is 3.58. The van der Waals surface area contributed by atoms with Crippen LogP contribution in [0, 0.1) is 0 Å². The van der Waals surface area contributed by atoms with Gasteiger partial charge in [0.05, 0.1) is 0 Å². The highest BCUT2D eigenvalue weighted by Crippen LogP contribution is 2.26. The quantitative estimate of drug-likeness (QED) is 0.833. The van der Waals surface area contributed by atoms with Crippen LogP contribution in [0.2, 0.25) is 0 Å². The minimum Gasteiger partial charge on any atom is -0.361 e. The fourth-order valence-electron chi connectivity index (χ4n) is 2.62. The summed E-state index contributed by atoms with van der Waals surface area (Å²) < 4.78 is 0. The molecule has 0 aliphatic heterocycles. The second-order valence-corrected chi connectivity index (χ2v) is 5.78. The van der Waals surface area contributed by atoms with Gasteiger partial charge in [-0.25, -0.2) is 0 Å². The second-order valence-electron chi connectivity index (χ2n) is 5.78. The lowest BCUT2D eigenvalue weighted by Gasteiger charge is -2.24. The summed E-state index contributed by atoms with van der Waals surface area (Å²) in [4.78, 5) is 5.77. The van der Waals surface area contributed by atoms with Crippen molar-refractivity contribution in [2.24, 2.45) is 0 Å². The molecule has 0 amide bonds. The smallest absolute Gasteiger partial charge is 0.0457 e. The summed E-state index contributed by atoms with van der Waals surface area (Å²) in [6, 6.07) is 10.2. The Labute approximate surface area is 115 Å². The molecule has 1 aromatic heterocycles. The van der Waals surface area contributed by atoms with Crippen LogP contribution in [-0.2, 0) is 6.54 Å². The Morgan fingerprint density at radius 2 is 2.21 bits per heavy atom. The van der Waals surface area contributed by atoms with Crippen LogP contribution in [0.4, 0.5) is 0 Å². The number of likely N-dealkylation sites (N-methyl/N-ethyl adjacent to an activating group) is 1. The van der Waals surface area contributed by atoms with Crippen molar-refractivity contribution in [1.82, 2.24) is 15.2 Å². The molecule has 1 unspecified atom stereocenters. The second kappa shape index (κ2) is 5.35. The molecule has 1 aliphatic carbocycles. The average molecular weight is 257 g/mol. The van der Waals surface area contributed by atoms with E-state index in [9.17, 15) is 0 Å². The largest absolute Gasteiger partial charge is 0.361 e. The van der Waals surface area contributed by atoms with Crippen molar-refractivity contribution in [3.05, 3.63) is 36.0 Å². The zero-order valence-electron chi connectivity index (χ0n) is 11.8. The number of fused-ring (bicyclic) bond motifs is 1. The van der Waals surface area contributed by atoms with Crippen molar-refractivity contribution in [1.29, 1.82) is 0 Å². The molecule has 1 saturated carbocycles. The monoisotopic (exact) mass is 257 g/mol. The van der Waals surface area contributed by atoms with E-state index in [1.807, 2.05) is 6.20 Å². The number of rotatable bonds is 6. The lowest BCUT2D eigenvalue weighted by atomic mass is 10.1. The van der Waals surface area contributed by atoms with Crippen LogP contribution in [0.25, 0.3) is 10.9 Å². The molecule has 1 aromatic carbocycles. The molecule has 0 spiro atoms. The molecule has 1 fully saturated rings. The van der Waals surface area contributed by atoms with E-state index in [0.717, 1.165) is 19.1 Å². The summed E-state index contributed by atoms with van der Waals surface area (Å²) >= 11 is 0. The third-order valence-corrected chi connectivity index (χ3v) is 4.21. The zero-order chi connectivity index (χ0) is 13.2. The van der Waals surface area contributed by atoms with Gasteiger partial charge in [0, 0.05) is 36.9 Å². The van der Waals surface area contributed by atoms with Gasteiger partial charge in [-0.3, -0.25) is 4.90 Å². The van der Waals surface area contributed by atoms with Gasteiger partial charge >= 0.3 is 0 Å². The Balaban J connectivity index is 1.51. The average Bonchev–Trinajstić information content (AvgIpc) is 3.16. The highest BCUT2D eigenvalue weighted by atomic mass is 15.2. The van der Waals surface area contributed by atoms with E-state index in [4.69, 9.17) is 0 Å². The standard InChI is InChI=1S/C16H23N3/c1-12(19(2)15-5-6-15)10-17-11-13-3-4-14-7-8-18-16(14)9-13/h3-4,7-9,12,15,17-18H,5-6,10-11H2,1-2H3. The van der Waals surface area contributed by atoms with Crippen LogP contribution in [-0.4, -0.2) is 35.6 Å². The van der Waals surface area contributed by atoms with Gasteiger partial charge in [0.25, 0.3) is 0 Å². The zero-order valence-corrected chi connectivity index (χ0v) is 11.8. The van der Waals surface area contributed by atoms with E-state index in [2.05, 4.69) is 53.4 Å². The molecule has 0 radical (unpaired) electrons. The van der Waals surface area contributed by atoms with Crippen molar-refractivity contribution >= 4 is 10.9 Å². The molecule has 3 heteroatoms. The number of nitrogens with zero attached hydrogens (tertiary/aromatic N) is 1. The predicted octanol–water partition coefficient (Wildman–Crippen LogP) is 2.74. The topological polar surface area (TPSA) is 31.1 Å². The van der Waals surface area contributed by atoms with Gasteiger partial charge in [0.15, 0.2) is 0 Å². The van der Waals surface area contributed by atoms with Crippen molar-refractivity contribution in [2.75, 3.05) is 13.6 Å². The Morgan fingerprint density at radius 1 is 1.37 bits per heavy atom. The molecule has 1 heterocycles. The van der Waals surface area contributed by atoms with Crippen LogP contribution in [0.5, 0.6) is 0 Å². The number of hydrogen-bond acceptors (Lipinski definition) is 2. The summed E-state index contributed by atoms with van der Waals surface area (Å²) in [5, 5.41) is 4.85. The lowest BCUT2D eigenvalue weighted by Crippen LogP contribution is -2.38. The van der Waals surface area contributed by atoms with E-state index < -0.39 is 0 Å². The fraction of sp³-hybridized carbons (Fsp3) is 0.500. The maximum atomic E-state index is 3.57. The summed E-state index contributed by atoms with van der Waals surface area (Å²) in [5.41, 5.74) is 2.57. The Hall–Kier alpha value is -1.32. The van der Waals surface area contributed by atoms with Gasteiger partial charge in [0.1, 0.15) is 0 Å². The normalized spacial score (nSPS) is 17.2. The van der Waals surface area contributed by atoms with E-state index >= 15 is 0 Å². The van der Waals surface area contributed by atoms with E-state index in [-0.39, 0.29) is 0 Å². The summed E-state index contributed by atoms with van der Waals surface area (Å²) in [6.07, 6.45) is 4.75. The number of benzene rings is 1. The molecule has 0 bridgehead atoms. The minimum atomic E-state index is 0.613. The van der Waals surface area contributed by atoms with Gasteiger partial charge in [-0.1, -0.05) is 12.1 Å². The maximum absolute atomic E-state index is 3.57. The maximum Gasteiger partial charge on any atom is 0.0457 e. The first-order chi connectivity index (χ1) is 9.24. The van der Waals surface area contributed by atoms with Crippen LogP contribution >= 0.6 is 0 Å². The van der Waals surface area contributed by atoms with Crippen molar-refractivity contribution in [3.63, 3.8) is 0 Å². The van der Waals surface area contributed by atoms with Crippen LogP contribution in [0.15, 0.2) is 30.5 Å². The molecule has 19 heavy (non-hydrogen) atoms. The predicted molar refractivity (Wildman–Crippen MR) is 80.3 cm³/mol. The molecule has 3 nitrogen and oxygen atoms in total. The van der Waals surface area contributed by atoms with E-state index in [0.29, 0.717) is 6.04 Å². The molecule has 2 aromatic rings. The molecule has 2 N–H and O–H groups in total. The van der Waals surface area contributed by atoms with Gasteiger partial charge < -0.3 is 10.3 Å². The molecular formula is C16H23N3.